The van der Waals surface area contributed by atoms with Crippen LogP contribution in [0.2, 0.25) is 0 Å². The summed E-state index contributed by atoms with van der Waals surface area (Å²) >= 11 is 0. The predicted molar refractivity (Wildman–Crippen MR) is 93.8 cm³/mol. The molecule has 0 aliphatic carbocycles. The van der Waals surface area contributed by atoms with E-state index >= 15 is 0 Å². The maximum atomic E-state index is 11.3. The van der Waals surface area contributed by atoms with E-state index in [0.717, 1.165) is 19.3 Å². The fraction of sp³-hybridized carbons (Fsp3) is 0.824. The number of hydrogen-bond acceptors (Lipinski definition) is 5. The van der Waals surface area contributed by atoms with Crippen LogP contribution in [0.25, 0.3) is 0 Å². The Labute approximate surface area is 146 Å². The Bertz CT molecular complexity index is 444. The van der Waals surface area contributed by atoms with Crippen molar-refractivity contribution in [2.75, 3.05) is 0 Å². The summed E-state index contributed by atoms with van der Waals surface area (Å²) in [7, 11) is -4.65. The summed E-state index contributed by atoms with van der Waals surface area (Å²) in [5.41, 5.74) is 0. The van der Waals surface area contributed by atoms with Crippen LogP contribution in [0.1, 0.15) is 84.5 Å². The van der Waals surface area contributed by atoms with Crippen molar-refractivity contribution >= 4 is 16.4 Å². The Kier molecular flexibility index (Phi) is 13.9. The molecular formula is C17H32O6S. The van der Waals surface area contributed by atoms with Crippen LogP contribution in [0.15, 0.2) is 12.3 Å². The van der Waals surface area contributed by atoms with Crippen molar-refractivity contribution in [1.29, 1.82) is 0 Å². The van der Waals surface area contributed by atoms with E-state index in [1.54, 1.807) is 6.08 Å². The van der Waals surface area contributed by atoms with Gasteiger partial charge in [0.1, 0.15) is 0 Å². The summed E-state index contributed by atoms with van der Waals surface area (Å²) in [6.45, 7) is 3.41. The van der Waals surface area contributed by atoms with Gasteiger partial charge in [0.25, 0.3) is 0 Å². The second kappa shape index (κ2) is 14.4. The molecule has 0 aromatic carbocycles. The van der Waals surface area contributed by atoms with E-state index in [2.05, 4.69) is 11.1 Å². The molecule has 0 heterocycles. The number of hydrogen-bond donors (Lipinski definition) is 1. The van der Waals surface area contributed by atoms with E-state index in [9.17, 15) is 13.2 Å². The van der Waals surface area contributed by atoms with Gasteiger partial charge in [0, 0.05) is 0 Å². The second-order valence-corrected chi connectivity index (χ2v) is 6.99. The SMILES string of the molecule is CCCCCCCCCCCCC=COC(=O)C(C)OS(=O)(=O)O. The van der Waals surface area contributed by atoms with Gasteiger partial charge in [-0.15, -0.1) is 0 Å². The van der Waals surface area contributed by atoms with Crippen LogP contribution in [0, 0.1) is 0 Å². The van der Waals surface area contributed by atoms with Gasteiger partial charge in [-0.1, -0.05) is 64.7 Å². The first-order valence-corrected chi connectivity index (χ1v) is 10.2. The molecule has 6 nitrogen and oxygen atoms in total. The van der Waals surface area contributed by atoms with Gasteiger partial charge >= 0.3 is 16.4 Å². The molecule has 0 saturated carbocycles. The van der Waals surface area contributed by atoms with E-state index in [1.807, 2.05) is 0 Å². The third kappa shape index (κ3) is 16.0. The summed E-state index contributed by atoms with van der Waals surface area (Å²) < 4.78 is 38.1. The molecule has 0 saturated heterocycles. The van der Waals surface area contributed by atoms with E-state index in [-0.39, 0.29) is 0 Å². The van der Waals surface area contributed by atoms with Gasteiger partial charge in [-0.25, -0.2) is 8.98 Å². The summed E-state index contributed by atoms with van der Waals surface area (Å²) in [5.74, 6) is -0.869. The normalized spacial score (nSPS) is 13.3. The summed E-state index contributed by atoms with van der Waals surface area (Å²) in [6.07, 6.45) is 15.0. The molecule has 0 spiro atoms. The monoisotopic (exact) mass is 364 g/mol. The molecule has 0 amide bonds. The smallest absolute Gasteiger partial charge is 0.398 e. The van der Waals surface area contributed by atoms with E-state index in [1.165, 1.54) is 64.6 Å². The number of carbonyl (C=O) groups is 1. The van der Waals surface area contributed by atoms with E-state index in [0.29, 0.717) is 0 Å². The highest BCUT2D eigenvalue weighted by Crippen LogP contribution is 2.11. The zero-order valence-corrected chi connectivity index (χ0v) is 15.7. The molecule has 0 bridgehead atoms. The minimum absolute atomic E-state index is 0.803. The molecule has 142 valence electrons. The van der Waals surface area contributed by atoms with Crippen molar-refractivity contribution in [1.82, 2.24) is 0 Å². The Hall–Kier alpha value is -0.920. The predicted octanol–water partition coefficient (Wildman–Crippen LogP) is 4.56. The average molecular weight is 365 g/mol. The molecule has 1 N–H and O–H groups in total. The Balaban J connectivity index is 3.48. The quantitative estimate of drug-likeness (QED) is 0.198. The molecule has 24 heavy (non-hydrogen) atoms. The number of allylic oxidation sites excluding steroid dienone is 1. The van der Waals surface area contributed by atoms with Gasteiger partial charge in [-0.2, -0.15) is 8.42 Å². The summed E-state index contributed by atoms with van der Waals surface area (Å²) in [6, 6.07) is 0. The molecule has 1 unspecified atom stereocenters. The molecule has 0 aliphatic rings. The van der Waals surface area contributed by atoms with Crippen LogP contribution in [0.4, 0.5) is 0 Å². The third-order valence-electron chi connectivity index (χ3n) is 3.60. The lowest BCUT2D eigenvalue weighted by atomic mass is 10.1. The zero-order valence-electron chi connectivity index (χ0n) is 14.9. The summed E-state index contributed by atoms with van der Waals surface area (Å²) in [4.78, 5) is 11.3. The second-order valence-electron chi connectivity index (χ2n) is 5.95. The van der Waals surface area contributed by atoms with Crippen molar-refractivity contribution in [2.24, 2.45) is 0 Å². The van der Waals surface area contributed by atoms with Gasteiger partial charge in [-0.05, 0) is 25.8 Å². The largest absolute Gasteiger partial charge is 0.433 e. The van der Waals surface area contributed by atoms with Crippen LogP contribution in [-0.2, 0) is 24.1 Å². The maximum Gasteiger partial charge on any atom is 0.398 e. The summed E-state index contributed by atoms with van der Waals surface area (Å²) in [5, 5.41) is 0. The topological polar surface area (TPSA) is 89.9 Å². The number of rotatable bonds is 15. The van der Waals surface area contributed by atoms with Crippen LogP contribution < -0.4 is 0 Å². The van der Waals surface area contributed by atoms with Crippen molar-refractivity contribution in [2.45, 2.75) is 90.6 Å². The molecule has 7 heteroatoms. The van der Waals surface area contributed by atoms with Crippen LogP contribution in [-0.4, -0.2) is 25.0 Å². The van der Waals surface area contributed by atoms with Gasteiger partial charge in [0.05, 0.1) is 6.26 Å². The highest BCUT2D eigenvalue weighted by molar-refractivity contribution is 7.80. The van der Waals surface area contributed by atoms with E-state index in [4.69, 9.17) is 9.29 Å². The molecule has 0 fully saturated rings. The Morgan fingerprint density at radius 2 is 1.50 bits per heavy atom. The van der Waals surface area contributed by atoms with Gasteiger partial charge in [-0.3, -0.25) is 4.55 Å². The van der Waals surface area contributed by atoms with Crippen LogP contribution in [0.5, 0.6) is 0 Å². The van der Waals surface area contributed by atoms with Crippen molar-refractivity contribution in [3.63, 3.8) is 0 Å². The first-order chi connectivity index (χ1) is 11.4. The zero-order chi connectivity index (χ0) is 18.3. The number of ether oxygens (including phenoxy) is 1. The minimum atomic E-state index is -4.65. The fourth-order valence-corrected chi connectivity index (χ4v) is 2.69. The molecule has 1 atom stereocenters. The highest BCUT2D eigenvalue weighted by Gasteiger charge is 2.20. The maximum absolute atomic E-state index is 11.3. The third-order valence-corrected chi connectivity index (χ3v) is 4.13. The van der Waals surface area contributed by atoms with Crippen molar-refractivity contribution in [3.05, 3.63) is 12.3 Å². The Morgan fingerprint density at radius 3 is 2.00 bits per heavy atom. The van der Waals surface area contributed by atoms with Gasteiger partial charge in [0.2, 0.25) is 0 Å². The van der Waals surface area contributed by atoms with Crippen molar-refractivity contribution < 1.29 is 26.7 Å². The number of carbonyl (C=O) groups excluding carboxylic acids is 1. The first kappa shape index (κ1) is 23.1. The first-order valence-electron chi connectivity index (χ1n) is 8.88. The minimum Gasteiger partial charge on any atom is -0.433 e. The molecule has 0 rings (SSSR count). The molecule has 0 aromatic heterocycles. The molecule has 0 aliphatic heterocycles. The molecule has 0 aromatic rings. The average Bonchev–Trinajstić information content (AvgIpc) is 2.50. The van der Waals surface area contributed by atoms with Crippen molar-refractivity contribution in [3.8, 4) is 0 Å². The fourth-order valence-electron chi connectivity index (χ4n) is 2.25. The molecular weight excluding hydrogens is 332 g/mol. The lowest BCUT2D eigenvalue weighted by molar-refractivity contribution is -0.145. The Morgan fingerprint density at radius 1 is 1.00 bits per heavy atom. The van der Waals surface area contributed by atoms with Crippen LogP contribution in [0.3, 0.4) is 0 Å². The van der Waals surface area contributed by atoms with E-state index < -0.39 is 22.5 Å². The highest BCUT2D eigenvalue weighted by atomic mass is 32.3. The number of esters is 1. The van der Waals surface area contributed by atoms with Gasteiger partial charge in [0.15, 0.2) is 6.10 Å². The lowest BCUT2D eigenvalue weighted by Gasteiger charge is -2.06. The standard InChI is InChI=1S/C17H32O6S/c1-3-4-5-6-7-8-9-10-11-12-13-14-15-22-17(18)16(2)23-24(19,20)21/h14-16H,3-13H2,1-2H3,(H,19,20,21). The van der Waals surface area contributed by atoms with Crippen LogP contribution >= 0.6 is 0 Å². The molecule has 0 radical (unpaired) electrons. The van der Waals surface area contributed by atoms with Gasteiger partial charge < -0.3 is 4.74 Å². The lowest BCUT2D eigenvalue weighted by Crippen LogP contribution is -2.24. The number of unbranched alkanes of at least 4 members (excludes halogenated alkanes) is 10.